The molecule has 2 aromatic heterocycles. The minimum Gasteiger partial charge on any atom is -0.487 e. The Hall–Kier alpha value is -2.88. The highest BCUT2D eigenvalue weighted by Crippen LogP contribution is 2.29. The van der Waals surface area contributed by atoms with Crippen molar-refractivity contribution in [2.45, 2.75) is 13.1 Å². The largest absolute Gasteiger partial charge is 0.487 e. The number of nitrogens with zero attached hydrogens (tertiary/aromatic N) is 3. The van der Waals surface area contributed by atoms with Gasteiger partial charge in [-0.05, 0) is 0 Å². The summed E-state index contributed by atoms with van der Waals surface area (Å²) in [6, 6.07) is 1.53. The number of anilines is 3. The molecule has 1 unspecified atom stereocenters. The smallest absolute Gasteiger partial charge is 0.222 e. The number of alkyl halides is 2. The van der Waals surface area contributed by atoms with Gasteiger partial charge in [0.05, 0.1) is 36.6 Å². The molecule has 0 aliphatic carbocycles. The average molecular weight is 367 g/mol. The lowest BCUT2D eigenvalue weighted by Crippen LogP contribution is -2.10. The lowest BCUT2D eigenvalue weighted by Gasteiger charge is -2.14. The van der Waals surface area contributed by atoms with E-state index in [9.17, 15) is 13.6 Å². The molecule has 0 radical (unpaired) electrons. The van der Waals surface area contributed by atoms with E-state index in [1.165, 1.54) is 25.4 Å². The zero-order valence-corrected chi connectivity index (χ0v) is 14.3. The fourth-order valence-corrected chi connectivity index (χ4v) is 1.95. The van der Waals surface area contributed by atoms with Crippen molar-refractivity contribution in [3.63, 3.8) is 0 Å². The van der Waals surface area contributed by atoms with Crippen LogP contribution in [0.15, 0.2) is 24.7 Å². The van der Waals surface area contributed by atoms with Crippen molar-refractivity contribution in [1.82, 2.24) is 15.0 Å². The first-order chi connectivity index (χ1) is 12.5. The second-order valence-electron chi connectivity index (χ2n) is 5.16. The fraction of sp³-hybridized carbons (Fsp3) is 0.375. The van der Waals surface area contributed by atoms with Gasteiger partial charge < -0.3 is 20.1 Å². The van der Waals surface area contributed by atoms with Crippen molar-refractivity contribution in [2.24, 2.45) is 0 Å². The number of hydrogen-bond donors (Lipinski definition) is 2. The zero-order valence-electron chi connectivity index (χ0n) is 14.3. The number of rotatable bonds is 9. The van der Waals surface area contributed by atoms with Crippen molar-refractivity contribution in [1.29, 1.82) is 0 Å². The van der Waals surface area contributed by atoms with Gasteiger partial charge in [-0.2, -0.15) is 0 Å². The van der Waals surface area contributed by atoms with Crippen LogP contribution in [0.25, 0.3) is 0 Å². The Balaban J connectivity index is 2.27. The van der Waals surface area contributed by atoms with Gasteiger partial charge in [-0.25, -0.2) is 18.7 Å². The number of halogens is 2. The van der Waals surface area contributed by atoms with Crippen LogP contribution in [-0.2, 0) is 9.53 Å². The predicted octanol–water partition coefficient (Wildman–Crippen LogP) is 2.58. The fourth-order valence-electron chi connectivity index (χ4n) is 1.95. The Morgan fingerprint density at radius 2 is 2.08 bits per heavy atom. The van der Waals surface area contributed by atoms with Crippen molar-refractivity contribution in [2.75, 3.05) is 37.6 Å². The third-order valence-corrected chi connectivity index (χ3v) is 3.09. The second-order valence-corrected chi connectivity index (χ2v) is 5.16. The number of carbonyl (C=O) groups excluding carboxylic acids is 1. The summed E-state index contributed by atoms with van der Waals surface area (Å²) in [5.41, 5.74) is 0.289. The number of nitrogens with one attached hydrogen (secondary N) is 2. The highest BCUT2D eigenvalue weighted by molar-refractivity contribution is 5.88. The first-order valence-electron chi connectivity index (χ1n) is 7.72. The Morgan fingerprint density at radius 1 is 1.27 bits per heavy atom. The zero-order chi connectivity index (χ0) is 18.9. The van der Waals surface area contributed by atoms with Crippen LogP contribution in [0.4, 0.5) is 26.1 Å². The van der Waals surface area contributed by atoms with Crippen LogP contribution in [0, 0.1) is 0 Å². The Morgan fingerprint density at radius 3 is 2.77 bits per heavy atom. The molecule has 0 saturated heterocycles. The standard InChI is InChI=1S/C16H19F2N5O3/c1-10(24)21-15-5-12(14(8-20-15)26-4-3-25-2)22-16-9-19-7-13(23-16)11(18)6-17/h5,7-9,11H,3-4,6H2,1-2H3,(H2,20,21,22,23,24). The quantitative estimate of drug-likeness (QED) is 0.657. The molecule has 0 aliphatic heterocycles. The maximum atomic E-state index is 13.5. The molecule has 2 aromatic rings. The van der Waals surface area contributed by atoms with E-state index in [0.717, 1.165) is 6.20 Å². The number of hydrogen-bond acceptors (Lipinski definition) is 7. The SMILES string of the molecule is COCCOc1cnc(NC(C)=O)cc1Nc1cncc(C(F)CF)n1. The minimum absolute atomic E-state index is 0.129. The lowest BCUT2D eigenvalue weighted by molar-refractivity contribution is -0.114. The maximum Gasteiger partial charge on any atom is 0.222 e. The van der Waals surface area contributed by atoms with E-state index in [0.29, 0.717) is 18.0 Å². The summed E-state index contributed by atoms with van der Waals surface area (Å²) in [4.78, 5) is 23.1. The van der Waals surface area contributed by atoms with E-state index in [1.807, 2.05) is 0 Å². The predicted molar refractivity (Wildman–Crippen MR) is 91.1 cm³/mol. The lowest BCUT2D eigenvalue weighted by atomic mass is 10.3. The van der Waals surface area contributed by atoms with Gasteiger partial charge in [0.15, 0.2) is 11.9 Å². The van der Waals surface area contributed by atoms with E-state index in [2.05, 4.69) is 25.6 Å². The molecule has 0 aliphatic rings. The Bertz CT molecular complexity index is 748. The Labute approximate surface area is 149 Å². The molecule has 2 heterocycles. The summed E-state index contributed by atoms with van der Waals surface area (Å²) in [6.45, 7) is 0.797. The molecule has 140 valence electrons. The van der Waals surface area contributed by atoms with E-state index in [-0.39, 0.29) is 29.8 Å². The molecule has 0 saturated carbocycles. The molecule has 0 bridgehead atoms. The van der Waals surface area contributed by atoms with Crippen LogP contribution < -0.4 is 15.4 Å². The molecule has 26 heavy (non-hydrogen) atoms. The van der Waals surface area contributed by atoms with Gasteiger partial charge in [0.1, 0.15) is 24.9 Å². The average Bonchev–Trinajstić information content (AvgIpc) is 2.62. The van der Waals surface area contributed by atoms with Crippen molar-refractivity contribution < 1.29 is 23.0 Å². The monoisotopic (exact) mass is 367 g/mol. The van der Waals surface area contributed by atoms with Gasteiger partial charge in [-0.15, -0.1) is 0 Å². The molecule has 10 heteroatoms. The third-order valence-electron chi connectivity index (χ3n) is 3.09. The Kier molecular flexibility index (Phi) is 7.15. The number of aromatic nitrogens is 3. The van der Waals surface area contributed by atoms with E-state index >= 15 is 0 Å². The third kappa shape index (κ3) is 5.59. The van der Waals surface area contributed by atoms with Crippen LogP contribution in [0.2, 0.25) is 0 Å². The normalized spacial score (nSPS) is 11.7. The molecular formula is C16H19F2N5O3. The number of methoxy groups -OCH3 is 1. The molecular weight excluding hydrogens is 348 g/mol. The van der Waals surface area contributed by atoms with Gasteiger partial charge in [0.2, 0.25) is 5.91 Å². The van der Waals surface area contributed by atoms with E-state index in [1.54, 1.807) is 7.11 Å². The van der Waals surface area contributed by atoms with Crippen LogP contribution in [0.3, 0.4) is 0 Å². The second kappa shape index (κ2) is 9.56. The molecule has 1 amide bonds. The van der Waals surface area contributed by atoms with Crippen LogP contribution in [0.5, 0.6) is 5.75 Å². The first-order valence-corrected chi connectivity index (χ1v) is 7.72. The number of pyridine rings is 1. The molecule has 0 spiro atoms. The van der Waals surface area contributed by atoms with Gasteiger partial charge in [-0.3, -0.25) is 9.78 Å². The van der Waals surface area contributed by atoms with Gasteiger partial charge in [0, 0.05) is 20.1 Å². The van der Waals surface area contributed by atoms with E-state index < -0.39 is 12.8 Å². The minimum atomic E-state index is -1.85. The van der Waals surface area contributed by atoms with Gasteiger partial charge in [0.25, 0.3) is 0 Å². The summed E-state index contributed by atoms with van der Waals surface area (Å²) in [6.07, 6.45) is 2.07. The van der Waals surface area contributed by atoms with Gasteiger partial charge >= 0.3 is 0 Å². The van der Waals surface area contributed by atoms with E-state index in [4.69, 9.17) is 9.47 Å². The molecule has 0 aromatic carbocycles. The number of carbonyl (C=O) groups is 1. The summed E-state index contributed by atoms with van der Waals surface area (Å²) in [5.74, 6) is 0.553. The first kappa shape index (κ1) is 19.4. The molecule has 1 atom stereocenters. The van der Waals surface area contributed by atoms with Crippen LogP contribution in [-0.4, -0.2) is 47.9 Å². The molecule has 2 rings (SSSR count). The molecule has 8 nitrogen and oxygen atoms in total. The molecule has 0 fully saturated rings. The van der Waals surface area contributed by atoms with Crippen LogP contribution >= 0.6 is 0 Å². The summed E-state index contributed by atoms with van der Waals surface area (Å²) in [5, 5.41) is 5.46. The molecule has 2 N–H and O–H groups in total. The highest BCUT2D eigenvalue weighted by Gasteiger charge is 2.14. The number of ether oxygens (including phenoxy) is 2. The van der Waals surface area contributed by atoms with Crippen molar-refractivity contribution >= 4 is 23.2 Å². The van der Waals surface area contributed by atoms with Crippen LogP contribution in [0.1, 0.15) is 18.8 Å². The summed E-state index contributed by atoms with van der Waals surface area (Å²) < 4.78 is 36.5. The maximum absolute atomic E-state index is 13.5. The number of amides is 1. The summed E-state index contributed by atoms with van der Waals surface area (Å²) >= 11 is 0. The van der Waals surface area contributed by atoms with Crippen molar-refractivity contribution in [3.8, 4) is 5.75 Å². The topological polar surface area (TPSA) is 98.3 Å². The highest BCUT2D eigenvalue weighted by atomic mass is 19.2. The van der Waals surface area contributed by atoms with Gasteiger partial charge in [-0.1, -0.05) is 0 Å². The summed E-state index contributed by atoms with van der Waals surface area (Å²) in [7, 11) is 1.54. The van der Waals surface area contributed by atoms with Crippen molar-refractivity contribution in [3.05, 3.63) is 30.4 Å².